The van der Waals surface area contributed by atoms with Crippen LogP contribution in [0.5, 0.6) is 0 Å². The Kier molecular flexibility index (Phi) is 5.68. The summed E-state index contributed by atoms with van der Waals surface area (Å²) in [4.78, 5) is 0. The summed E-state index contributed by atoms with van der Waals surface area (Å²) in [6, 6.07) is 0.0489. The van der Waals surface area contributed by atoms with Gasteiger partial charge in [0.2, 0.25) is 10.0 Å². The Balaban J connectivity index is 2.30. The number of sulfonamides is 1. The summed E-state index contributed by atoms with van der Waals surface area (Å²) in [6.07, 6.45) is 4.18. The Labute approximate surface area is 97.8 Å². The number of methoxy groups -OCH3 is 1. The smallest absolute Gasteiger partial charge is 0.211 e. The van der Waals surface area contributed by atoms with Crippen LogP contribution in [0.2, 0.25) is 0 Å². The van der Waals surface area contributed by atoms with Crippen molar-refractivity contribution in [2.24, 2.45) is 5.73 Å². The molecule has 96 valence electrons. The summed E-state index contributed by atoms with van der Waals surface area (Å²) < 4.78 is 31.3. The molecule has 0 aromatic rings. The van der Waals surface area contributed by atoms with Crippen LogP contribution in [0.4, 0.5) is 0 Å². The number of unbranched alkanes of at least 4 members (excludes halogenated alkanes) is 1. The molecule has 1 aliphatic rings. The second-order valence-corrected chi connectivity index (χ2v) is 6.17. The lowest BCUT2D eigenvalue weighted by molar-refractivity contribution is 0.107. The van der Waals surface area contributed by atoms with Crippen LogP contribution >= 0.6 is 0 Å². The number of nitrogens with one attached hydrogen (secondary N) is 1. The third-order valence-electron chi connectivity index (χ3n) is 2.93. The Bertz CT molecular complexity index is 292. The van der Waals surface area contributed by atoms with Crippen LogP contribution in [-0.4, -0.2) is 40.0 Å². The highest BCUT2D eigenvalue weighted by atomic mass is 32.2. The van der Waals surface area contributed by atoms with Gasteiger partial charge in [-0.05, 0) is 38.6 Å². The Morgan fingerprint density at radius 2 is 2.12 bits per heavy atom. The van der Waals surface area contributed by atoms with E-state index in [0.29, 0.717) is 13.0 Å². The molecular weight excluding hydrogens is 228 g/mol. The van der Waals surface area contributed by atoms with Crippen molar-refractivity contribution in [3.05, 3.63) is 0 Å². The SMILES string of the molecule is COC1CCC(NS(=O)(=O)CCCCN)C1. The fraction of sp³-hybridized carbons (Fsp3) is 1.00. The zero-order chi connectivity index (χ0) is 12.0. The maximum atomic E-state index is 11.7. The first-order valence-electron chi connectivity index (χ1n) is 5.80. The van der Waals surface area contributed by atoms with Crippen molar-refractivity contribution in [2.45, 2.75) is 44.2 Å². The van der Waals surface area contributed by atoms with Gasteiger partial charge in [-0.3, -0.25) is 0 Å². The molecule has 6 heteroatoms. The summed E-state index contributed by atoms with van der Waals surface area (Å²) >= 11 is 0. The summed E-state index contributed by atoms with van der Waals surface area (Å²) in [5.41, 5.74) is 5.33. The lowest BCUT2D eigenvalue weighted by Crippen LogP contribution is -2.35. The van der Waals surface area contributed by atoms with E-state index in [-0.39, 0.29) is 17.9 Å². The van der Waals surface area contributed by atoms with Gasteiger partial charge >= 0.3 is 0 Å². The molecule has 0 saturated heterocycles. The topological polar surface area (TPSA) is 81.4 Å². The molecule has 3 N–H and O–H groups in total. The van der Waals surface area contributed by atoms with Crippen LogP contribution in [-0.2, 0) is 14.8 Å². The minimum Gasteiger partial charge on any atom is -0.381 e. The summed E-state index contributed by atoms with van der Waals surface area (Å²) in [7, 11) is -1.46. The van der Waals surface area contributed by atoms with E-state index in [0.717, 1.165) is 25.7 Å². The quantitative estimate of drug-likeness (QED) is 0.633. The van der Waals surface area contributed by atoms with E-state index in [9.17, 15) is 8.42 Å². The molecule has 0 heterocycles. The first kappa shape index (κ1) is 13.9. The Morgan fingerprint density at radius 3 is 2.69 bits per heavy atom. The van der Waals surface area contributed by atoms with Gasteiger partial charge in [-0.1, -0.05) is 0 Å². The fourth-order valence-corrected chi connectivity index (χ4v) is 3.43. The zero-order valence-electron chi connectivity index (χ0n) is 9.81. The maximum Gasteiger partial charge on any atom is 0.211 e. The molecule has 2 unspecified atom stereocenters. The van der Waals surface area contributed by atoms with Crippen LogP contribution in [0, 0.1) is 0 Å². The molecule has 0 radical (unpaired) electrons. The third-order valence-corrected chi connectivity index (χ3v) is 4.45. The van der Waals surface area contributed by atoms with Gasteiger partial charge in [0.25, 0.3) is 0 Å². The number of nitrogens with two attached hydrogens (primary N) is 1. The van der Waals surface area contributed by atoms with Crippen molar-refractivity contribution in [1.29, 1.82) is 0 Å². The van der Waals surface area contributed by atoms with Crippen molar-refractivity contribution in [2.75, 3.05) is 19.4 Å². The molecule has 0 aromatic heterocycles. The predicted octanol–water partition coefficient (Wildman–Crippen LogP) is 0.212. The highest BCUT2D eigenvalue weighted by Gasteiger charge is 2.27. The van der Waals surface area contributed by atoms with Crippen LogP contribution in [0.25, 0.3) is 0 Å². The van der Waals surface area contributed by atoms with Gasteiger partial charge in [0.05, 0.1) is 11.9 Å². The number of rotatable bonds is 7. The maximum absolute atomic E-state index is 11.7. The van der Waals surface area contributed by atoms with Crippen LogP contribution in [0.15, 0.2) is 0 Å². The normalized spacial score (nSPS) is 26.1. The largest absolute Gasteiger partial charge is 0.381 e. The van der Waals surface area contributed by atoms with Crippen molar-refractivity contribution in [3.8, 4) is 0 Å². The molecule has 16 heavy (non-hydrogen) atoms. The molecule has 0 amide bonds. The lowest BCUT2D eigenvalue weighted by atomic mass is 10.3. The van der Waals surface area contributed by atoms with Crippen molar-refractivity contribution in [1.82, 2.24) is 4.72 Å². The van der Waals surface area contributed by atoms with Gasteiger partial charge in [-0.15, -0.1) is 0 Å². The van der Waals surface area contributed by atoms with E-state index >= 15 is 0 Å². The predicted molar refractivity (Wildman–Crippen MR) is 63.6 cm³/mol. The van der Waals surface area contributed by atoms with E-state index in [2.05, 4.69) is 4.72 Å². The second-order valence-electron chi connectivity index (χ2n) is 4.30. The van der Waals surface area contributed by atoms with E-state index in [1.54, 1.807) is 7.11 Å². The van der Waals surface area contributed by atoms with Crippen LogP contribution < -0.4 is 10.5 Å². The molecule has 1 saturated carbocycles. The molecule has 1 aliphatic carbocycles. The third kappa shape index (κ3) is 4.78. The first-order valence-corrected chi connectivity index (χ1v) is 7.45. The lowest BCUT2D eigenvalue weighted by Gasteiger charge is -2.13. The Hall–Kier alpha value is -0.170. The number of ether oxygens (including phenoxy) is 1. The molecule has 0 bridgehead atoms. The van der Waals surface area contributed by atoms with Gasteiger partial charge < -0.3 is 10.5 Å². The highest BCUT2D eigenvalue weighted by molar-refractivity contribution is 7.89. The average Bonchev–Trinajstić information content (AvgIpc) is 2.65. The standard InChI is InChI=1S/C10H22N2O3S/c1-15-10-5-4-9(8-10)12-16(13,14)7-3-2-6-11/h9-10,12H,2-8,11H2,1H3. The molecule has 5 nitrogen and oxygen atoms in total. The van der Waals surface area contributed by atoms with E-state index in [4.69, 9.17) is 10.5 Å². The highest BCUT2D eigenvalue weighted by Crippen LogP contribution is 2.22. The molecule has 1 fully saturated rings. The van der Waals surface area contributed by atoms with Crippen LogP contribution in [0.1, 0.15) is 32.1 Å². The van der Waals surface area contributed by atoms with E-state index in [1.165, 1.54) is 0 Å². The molecule has 0 aromatic carbocycles. The molecule has 0 spiro atoms. The van der Waals surface area contributed by atoms with Crippen molar-refractivity contribution >= 4 is 10.0 Å². The molecular formula is C10H22N2O3S. The van der Waals surface area contributed by atoms with Gasteiger partial charge in [-0.25, -0.2) is 13.1 Å². The van der Waals surface area contributed by atoms with Gasteiger partial charge in [0.1, 0.15) is 0 Å². The number of hydrogen-bond donors (Lipinski definition) is 2. The minimum atomic E-state index is -3.13. The first-order chi connectivity index (χ1) is 7.57. The Morgan fingerprint density at radius 1 is 1.38 bits per heavy atom. The van der Waals surface area contributed by atoms with E-state index in [1.807, 2.05) is 0 Å². The second kappa shape index (κ2) is 6.54. The zero-order valence-corrected chi connectivity index (χ0v) is 10.6. The molecule has 2 atom stereocenters. The van der Waals surface area contributed by atoms with Crippen molar-refractivity contribution in [3.63, 3.8) is 0 Å². The number of hydrogen-bond acceptors (Lipinski definition) is 4. The summed E-state index contributed by atoms with van der Waals surface area (Å²) in [5.74, 6) is 0.179. The monoisotopic (exact) mass is 250 g/mol. The van der Waals surface area contributed by atoms with E-state index < -0.39 is 10.0 Å². The van der Waals surface area contributed by atoms with Crippen molar-refractivity contribution < 1.29 is 13.2 Å². The average molecular weight is 250 g/mol. The van der Waals surface area contributed by atoms with Gasteiger partial charge in [-0.2, -0.15) is 0 Å². The summed E-state index contributed by atoms with van der Waals surface area (Å²) in [5, 5.41) is 0. The van der Waals surface area contributed by atoms with Crippen LogP contribution in [0.3, 0.4) is 0 Å². The summed E-state index contributed by atoms with van der Waals surface area (Å²) in [6.45, 7) is 0.546. The van der Waals surface area contributed by atoms with Gasteiger partial charge in [0.15, 0.2) is 0 Å². The molecule has 1 rings (SSSR count). The van der Waals surface area contributed by atoms with Gasteiger partial charge in [0, 0.05) is 13.2 Å². The minimum absolute atomic E-state index is 0.0489. The fourth-order valence-electron chi connectivity index (χ4n) is 2.01. The molecule has 0 aliphatic heterocycles.